The number of aromatic nitrogens is 1. The molecule has 0 radical (unpaired) electrons. The summed E-state index contributed by atoms with van der Waals surface area (Å²) < 4.78 is 1.87. The van der Waals surface area contributed by atoms with E-state index in [1.54, 1.807) is 24.3 Å². The van der Waals surface area contributed by atoms with E-state index in [9.17, 15) is 19.8 Å². The summed E-state index contributed by atoms with van der Waals surface area (Å²) in [5.41, 5.74) is 18.8. The summed E-state index contributed by atoms with van der Waals surface area (Å²) in [5, 5.41) is 18.7. The lowest BCUT2D eigenvalue weighted by atomic mass is 9.79. The first-order valence-electron chi connectivity index (χ1n) is 9.95. The molecule has 3 rings (SSSR count). The van der Waals surface area contributed by atoms with Crippen LogP contribution in [-0.4, -0.2) is 34.1 Å². The molecule has 1 aromatic heterocycles. The molecule has 8 N–H and O–H groups in total. The van der Waals surface area contributed by atoms with Gasteiger partial charge in [0.2, 0.25) is 11.6 Å². The number of hydrogen-bond donors (Lipinski definition) is 5. The van der Waals surface area contributed by atoms with E-state index in [0.29, 0.717) is 16.8 Å². The van der Waals surface area contributed by atoms with E-state index in [2.05, 4.69) is 21.8 Å². The Hall–Kier alpha value is -4.65. The molecular formula is C23H23N6O4+. The van der Waals surface area contributed by atoms with Crippen LogP contribution >= 0.6 is 0 Å². The van der Waals surface area contributed by atoms with Gasteiger partial charge in [-0.2, -0.15) is 9.56 Å². The number of nitrogens with two attached hydrogens (primary N) is 3. The topological polar surface area (TPSA) is 181 Å². The summed E-state index contributed by atoms with van der Waals surface area (Å²) in [4.78, 5) is 30.8. The zero-order chi connectivity index (χ0) is 24.0. The van der Waals surface area contributed by atoms with Crippen LogP contribution in [0.5, 0.6) is 0 Å². The monoisotopic (exact) mass is 447 g/mol. The van der Waals surface area contributed by atoms with Crippen molar-refractivity contribution < 1.29 is 24.4 Å². The maximum Gasteiger partial charge on any atom is 0.307 e. The molecule has 1 aromatic carbocycles. The molecule has 0 saturated carbocycles. The SMILES string of the molecule is NC(N)=NC(N)=Nc1ccc(-[n+]2ccccc2)c(C#CC2=CC[C@H](C(=O)O)[C@H](C(=O)O)C2)c1. The Morgan fingerprint density at radius 1 is 1.00 bits per heavy atom. The van der Waals surface area contributed by atoms with Gasteiger partial charge in [-0.1, -0.05) is 24.0 Å². The number of carbonyl (C=O) groups is 2. The maximum atomic E-state index is 11.6. The second-order valence-electron chi connectivity index (χ2n) is 7.30. The zero-order valence-electron chi connectivity index (χ0n) is 17.5. The summed E-state index contributed by atoms with van der Waals surface area (Å²) in [6, 6.07) is 10.9. The Kier molecular flexibility index (Phi) is 7.05. The molecule has 0 fully saturated rings. The van der Waals surface area contributed by atoms with Crippen molar-refractivity contribution in [3.05, 3.63) is 66.0 Å². The molecular weight excluding hydrogens is 424 g/mol. The number of guanidine groups is 2. The molecule has 2 aromatic rings. The molecule has 168 valence electrons. The predicted molar refractivity (Wildman–Crippen MR) is 122 cm³/mol. The molecule has 0 spiro atoms. The van der Waals surface area contributed by atoms with Gasteiger partial charge in [0.15, 0.2) is 18.4 Å². The summed E-state index contributed by atoms with van der Waals surface area (Å²) in [6.07, 6.45) is 5.54. The van der Waals surface area contributed by atoms with Crippen molar-refractivity contribution in [2.24, 2.45) is 39.0 Å². The van der Waals surface area contributed by atoms with Gasteiger partial charge in [0, 0.05) is 18.2 Å². The van der Waals surface area contributed by atoms with Gasteiger partial charge in [0.1, 0.15) is 0 Å². The van der Waals surface area contributed by atoms with Gasteiger partial charge in [0.25, 0.3) is 0 Å². The number of pyridine rings is 1. The number of carboxylic acid groups (broad SMARTS) is 2. The molecule has 10 nitrogen and oxygen atoms in total. The molecule has 0 bridgehead atoms. The molecule has 1 heterocycles. The minimum atomic E-state index is -1.15. The maximum absolute atomic E-state index is 11.6. The average molecular weight is 447 g/mol. The van der Waals surface area contributed by atoms with E-state index in [1.165, 1.54) is 0 Å². The third-order valence-corrected chi connectivity index (χ3v) is 5.00. The fourth-order valence-electron chi connectivity index (χ4n) is 3.45. The van der Waals surface area contributed by atoms with Crippen LogP contribution in [0.15, 0.2) is 70.4 Å². The predicted octanol–water partition coefficient (Wildman–Crippen LogP) is 0.656. The minimum Gasteiger partial charge on any atom is -0.481 e. The van der Waals surface area contributed by atoms with Crippen LogP contribution in [0.2, 0.25) is 0 Å². The molecule has 0 unspecified atom stereocenters. The largest absolute Gasteiger partial charge is 0.481 e. The van der Waals surface area contributed by atoms with E-state index < -0.39 is 23.8 Å². The van der Waals surface area contributed by atoms with Crippen LogP contribution in [0.4, 0.5) is 5.69 Å². The Balaban J connectivity index is 2.02. The average Bonchev–Trinajstić information content (AvgIpc) is 2.77. The van der Waals surface area contributed by atoms with Crippen LogP contribution in [0.1, 0.15) is 18.4 Å². The second-order valence-corrected chi connectivity index (χ2v) is 7.30. The summed E-state index contributed by atoms with van der Waals surface area (Å²) in [7, 11) is 0. The van der Waals surface area contributed by atoms with Crippen molar-refractivity contribution in [2.45, 2.75) is 12.8 Å². The molecule has 10 heteroatoms. The van der Waals surface area contributed by atoms with Crippen molar-refractivity contribution in [1.82, 2.24) is 0 Å². The van der Waals surface area contributed by atoms with E-state index in [-0.39, 0.29) is 24.8 Å². The van der Waals surface area contributed by atoms with E-state index >= 15 is 0 Å². The lowest BCUT2D eigenvalue weighted by molar-refractivity contribution is -0.595. The summed E-state index contributed by atoms with van der Waals surface area (Å²) in [6.45, 7) is 0. The van der Waals surface area contributed by atoms with Crippen molar-refractivity contribution in [1.29, 1.82) is 0 Å². The lowest BCUT2D eigenvalue weighted by Crippen LogP contribution is -2.32. The minimum absolute atomic E-state index is 0.0440. The van der Waals surface area contributed by atoms with E-state index in [1.807, 2.05) is 35.2 Å². The Morgan fingerprint density at radius 2 is 1.70 bits per heavy atom. The molecule has 0 amide bonds. The number of nitrogens with zero attached hydrogens (tertiary/aromatic N) is 3. The Bertz CT molecular complexity index is 1220. The van der Waals surface area contributed by atoms with Crippen LogP contribution in [0.25, 0.3) is 5.69 Å². The lowest BCUT2D eigenvalue weighted by Gasteiger charge is -2.23. The molecule has 0 saturated heterocycles. The van der Waals surface area contributed by atoms with Crippen LogP contribution in [0, 0.1) is 23.7 Å². The van der Waals surface area contributed by atoms with Gasteiger partial charge in [0.05, 0.1) is 23.1 Å². The molecule has 1 aliphatic carbocycles. The van der Waals surface area contributed by atoms with Crippen LogP contribution < -0.4 is 21.8 Å². The first-order chi connectivity index (χ1) is 15.7. The van der Waals surface area contributed by atoms with Gasteiger partial charge < -0.3 is 27.4 Å². The van der Waals surface area contributed by atoms with Gasteiger partial charge in [-0.15, -0.1) is 0 Å². The van der Waals surface area contributed by atoms with Gasteiger partial charge >= 0.3 is 11.9 Å². The third kappa shape index (κ3) is 5.95. The van der Waals surface area contributed by atoms with Gasteiger partial charge in [-0.05, 0) is 30.5 Å². The van der Waals surface area contributed by atoms with Crippen LogP contribution in [0.3, 0.4) is 0 Å². The summed E-state index contributed by atoms with van der Waals surface area (Å²) in [5.74, 6) is 1.45. The Labute approximate surface area is 189 Å². The fraction of sp³-hybridized carbons (Fsp3) is 0.174. The first-order valence-corrected chi connectivity index (χ1v) is 9.95. The number of rotatable bonds is 4. The number of aliphatic imine (C=N–C) groups is 2. The highest BCUT2D eigenvalue weighted by molar-refractivity contribution is 5.93. The first kappa shape index (κ1) is 23.0. The quantitative estimate of drug-likeness (QED) is 0.197. The number of carboxylic acids is 2. The number of aliphatic carboxylic acids is 2. The molecule has 0 aliphatic heterocycles. The van der Waals surface area contributed by atoms with Crippen molar-refractivity contribution in [3.8, 4) is 17.5 Å². The van der Waals surface area contributed by atoms with Crippen molar-refractivity contribution >= 4 is 29.5 Å². The zero-order valence-corrected chi connectivity index (χ0v) is 17.5. The molecule has 33 heavy (non-hydrogen) atoms. The molecule has 1 aliphatic rings. The highest BCUT2D eigenvalue weighted by Gasteiger charge is 2.36. The van der Waals surface area contributed by atoms with E-state index in [4.69, 9.17) is 17.2 Å². The standard InChI is InChI=1S/C23H22N6O4/c24-22(25)28-23(26)27-16-7-9-19(29-10-2-1-3-11-29)15(13-16)6-4-14-5-8-17(20(30)31)18(12-14)21(32)33/h1-3,5,7,9-11,13,17-18H,8,12H2,(H7-,24,25,26,27,28,30,31,32,33)/p+1/t17-,18+/m0/s1. The fourth-order valence-corrected chi connectivity index (χ4v) is 3.45. The Morgan fingerprint density at radius 3 is 2.33 bits per heavy atom. The molecule has 2 atom stereocenters. The van der Waals surface area contributed by atoms with Crippen LogP contribution in [-0.2, 0) is 9.59 Å². The number of allylic oxidation sites excluding steroid dienone is 2. The van der Waals surface area contributed by atoms with Crippen molar-refractivity contribution in [3.63, 3.8) is 0 Å². The van der Waals surface area contributed by atoms with Crippen molar-refractivity contribution in [2.75, 3.05) is 0 Å². The highest BCUT2D eigenvalue weighted by Crippen LogP contribution is 2.30. The van der Waals surface area contributed by atoms with Gasteiger partial charge in [-0.3, -0.25) is 9.59 Å². The highest BCUT2D eigenvalue weighted by atomic mass is 16.4. The smallest absolute Gasteiger partial charge is 0.307 e. The third-order valence-electron chi connectivity index (χ3n) is 5.00. The van der Waals surface area contributed by atoms with E-state index in [0.717, 1.165) is 5.69 Å². The number of benzene rings is 1. The van der Waals surface area contributed by atoms with Gasteiger partial charge in [-0.25, -0.2) is 4.99 Å². The summed E-state index contributed by atoms with van der Waals surface area (Å²) >= 11 is 0. The number of hydrogen-bond acceptors (Lipinski definition) is 3. The normalized spacial score (nSPS) is 17.8. The second kappa shape index (κ2) is 10.1.